The largest absolute Gasteiger partial charge is 0.354 e. The predicted octanol–water partition coefficient (Wildman–Crippen LogP) is 7.02. The minimum absolute atomic E-state index is 0.0589. The van der Waals surface area contributed by atoms with Gasteiger partial charge in [-0.2, -0.15) is 0 Å². The Bertz CT molecular complexity index is 1740. The number of hydrogen-bond acceptors (Lipinski definition) is 4. The third-order valence-electron chi connectivity index (χ3n) is 7.85. The van der Waals surface area contributed by atoms with E-state index in [4.69, 9.17) is 11.6 Å². The molecule has 1 atom stereocenters. The standard InChI is InChI=1S/C37H42ClN3O4S/c1-5-6-21-39-37(43)35(24-30-12-8-7-9-13-30)40(25-31-14-10-11-28(3)22-31)36(42)26-41(34-20-17-32(38)23-29(34)4)46(44,45)33-18-15-27(2)16-19-33/h7-20,22-23,35H,5-6,21,24-26H2,1-4H3,(H,39,43)/t35-/m1/s1. The predicted molar refractivity (Wildman–Crippen MR) is 185 cm³/mol. The molecule has 0 radical (unpaired) electrons. The number of sulfonamides is 1. The maximum absolute atomic E-state index is 14.6. The Hall–Kier alpha value is -4.14. The third-order valence-corrected chi connectivity index (χ3v) is 9.86. The van der Waals surface area contributed by atoms with Gasteiger partial charge in [-0.25, -0.2) is 8.42 Å². The lowest BCUT2D eigenvalue weighted by molar-refractivity contribution is -0.140. The van der Waals surface area contributed by atoms with E-state index in [9.17, 15) is 18.0 Å². The van der Waals surface area contributed by atoms with Gasteiger partial charge in [-0.3, -0.25) is 13.9 Å². The number of aryl methyl sites for hydroxylation is 3. The van der Waals surface area contributed by atoms with Gasteiger partial charge in [0.25, 0.3) is 10.0 Å². The quantitative estimate of drug-likeness (QED) is 0.148. The van der Waals surface area contributed by atoms with Crippen LogP contribution in [0.5, 0.6) is 0 Å². The number of benzene rings is 4. The van der Waals surface area contributed by atoms with Gasteiger partial charge >= 0.3 is 0 Å². The summed E-state index contributed by atoms with van der Waals surface area (Å²) in [6.45, 7) is 7.73. The van der Waals surface area contributed by atoms with Crippen molar-refractivity contribution >= 4 is 39.1 Å². The summed E-state index contributed by atoms with van der Waals surface area (Å²) in [5, 5.41) is 3.47. The molecule has 1 N–H and O–H groups in total. The minimum Gasteiger partial charge on any atom is -0.354 e. The molecule has 0 aliphatic rings. The second-order valence-electron chi connectivity index (χ2n) is 11.6. The number of anilines is 1. The van der Waals surface area contributed by atoms with Gasteiger partial charge in [0.15, 0.2) is 0 Å². The summed E-state index contributed by atoms with van der Waals surface area (Å²) >= 11 is 6.25. The number of nitrogens with one attached hydrogen (secondary N) is 1. The number of carbonyl (C=O) groups is 2. The first kappa shape index (κ1) is 34.7. The number of amides is 2. The fourth-order valence-corrected chi connectivity index (χ4v) is 7.02. The maximum Gasteiger partial charge on any atom is 0.264 e. The van der Waals surface area contributed by atoms with Gasteiger partial charge in [-0.15, -0.1) is 0 Å². The number of nitrogens with zero attached hydrogens (tertiary/aromatic N) is 2. The molecule has 4 rings (SSSR count). The molecule has 0 bridgehead atoms. The molecule has 9 heteroatoms. The topological polar surface area (TPSA) is 86.8 Å². The normalized spacial score (nSPS) is 11.9. The lowest BCUT2D eigenvalue weighted by Crippen LogP contribution is -2.53. The number of halogens is 1. The monoisotopic (exact) mass is 659 g/mol. The summed E-state index contributed by atoms with van der Waals surface area (Å²) in [5.74, 6) is -0.785. The highest BCUT2D eigenvalue weighted by Gasteiger charge is 2.35. The van der Waals surface area contributed by atoms with Crippen molar-refractivity contribution in [3.05, 3.63) is 130 Å². The van der Waals surface area contributed by atoms with Crippen LogP contribution in [0.3, 0.4) is 0 Å². The molecule has 4 aromatic rings. The van der Waals surface area contributed by atoms with E-state index < -0.39 is 28.5 Å². The zero-order valence-electron chi connectivity index (χ0n) is 26.9. The van der Waals surface area contributed by atoms with Crippen LogP contribution in [0.15, 0.2) is 102 Å². The Morgan fingerprint density at radius 1 is 0.826 bits per heavy atom. The van der Waals surface area contributed by atoms with Crippen LogP contribution >= 0.6 is 11.6 Å². The molecule has 7 nitrogen and oxygen atoms in total. The van der Waals surface area contributed by atoms with Crippen LogP contribution < -0.4 is 9.62 Å². The Labute approximate surface area is 278 Å². The third kappa shape index (κ3) is 8.98. The summed E-state index contributed by atoms with van der Waals surface area (Å²) in [5.41, 5.74) is 4.57. The van der Waals surface area contributed by atoms with E-state index in [1.165, 1.54) is 17.0 Å². The molecule has 0 fully saturated rings. The first-order valence-electron chi connectivity index (χ1n) is 15.5. The Morgan fingerprint density at radius 3 is 2.17 bits per heavy atom. The van der Waals surface area contributed by atoms with Crippen LogP contribution in [-0.2, 0) is 32.6 Å². The van der Waals surface area contributed by atoms with Crippen LogP contribution in [0.2, 0.25) is 5.02 Å². The van der Waals surface area contributed by atoms with Crippen molar-refractivity contribution in [1.82, 2.24) is 10.2 Å². The van der Waals surface area contributed by atoms with Gasteiger partial charge in [0.1, 0.15) is 12.6 Å². The van der Waals surface area contributed by atoms with E-state index in [1.54, 1.807) is 37.3 Å². The molecule has 4 aromatic carbocycles. The van der Waals surface area contributed by atoms with Crippen molar-refractivity contribution in [2.24, 2.45) is 0 Å². The summed E-state index contributed by atoms with van der Waals surface area (Å²) in [6.07, 6.45) is 1.97. The van der Waals surface area contributed by atoms with Crippen molar-refractivity contribution in [1.29, 1.82) is 0 Å². The van der Waals surface area contributed by atoms with Gasteiger partial charge in [-0.05, 0) is 74.2 Å². The van der Waals surface area contributed by atoms with Crippen LogP contribution in [0.4, 0.5) is 5.69 Å². The highest BCUT2D eigenvalue weighted by atomic mass is 35.5. The zero-order chi connectivity index (χ0) is 33.3. The van der Waals surface area contributed by atoms with Gasteiger partial charge in [0.2, 0.25) is 11.8 Å². The fourth-order valence-electron chi connectivity index (χ4n) is 5.32. The lowest BCUT2D eigenvalue weighted by atomic mass is 10.0. The highest BCUT2D eigenvalue weighted by Crippen LogP contribution is 2.30. The van der Waals surface area contributed by atoms with E-state index in [2.05, 4.69) is 5.32 Å². The number of hydrogen-bond donors (Lipinski definition) is 1. The molecule has 0 saturated carbocycles. The van der Waals surface area contributed by atoms with Gasteiger partial charge in [0.05, 0.1) is 10.6 Å². The minimum atomic E-state index is -4.19. The van der Waals surface area contributed by atoms with E-state index in [-0.39, 0.29) is 23.8 Å². The number of unbranched alkanes of at least 4 members (excludes halogenated alkanes) is 1. The summed E-state index contributed by atoms with van der Waals surface area (Å²) in [4.78, 5) is 30.1. The molecular weight excluding hydrogens is 618 g/mol. The van der Waals surface area contributed by atoms with E-state index >= 15 is 0 Å². The van der Waals surface area contributed by atoms with Crippen molar-refractivity contribution in [3.63, 3.8) is 0 Å². The molecule has 0 aliphatic heterocycles. The van der Waals surface area contributed by atoms with Gasteiger partial charge in [0, 0.05) is 24.5 Å². The van der Waals surface area contributed by atoms with E-state index in [0.29, 0.717) is 22.8 Å². The lowest BCUT2D eigenvalue weighted by Gasteiger charge is -2.34. The second-order valence-corrected chi connectivity index (χ2v) is 13.9. The van der Waals surface area contributed by atoms with Gasteiger partial charge in [-0.1, -0.05) is 103 Å². The smallest absolute Gasteiger partial charge is 0.264 e. The molecule has 0 unspecified atom stereocenters. The second kappa shape index (κ2) is 15.9. The van der Waals surface area contributed by atoms with Crippen LogP contribution in [0.1, 0.15) is 47.6 Å². The summed E-state index contributed by atoms with van der Waals surface area (Å²) in [6, 6.07) is 27.8. The Balaban J connectivity index is 1.81. The van der Waals surface area contributed by atoms with Crippen LogP contribution in [0, 0.1) is 20.8 Å². The molecule has 0 spiro atoms. The van der Waals surface area contributed by atoms with Gasteiger partial charge < -0.3 is 10.2 Å². The Morgan fingerprint density at radius 2 is 1.52 bits per heavy atom. The molecule has 0 aromatic heterocycles. The van der Waals surface area contributed by atoms with Crippen molar-refractivity contribution in [2.75, 3.05) is 17.4 Å². The first-order valence-corrected chi connectivity index (χ1v) is 17.3. The van der Waals surface area contributed by atoms with Crippen molar-refractivity contribution in [3.8, 4) is 0 Å². The maximum atomic E-state index is 14.6. The fraction of sp³-hybridized carbons (Fsp3) is 0.297. The molecule has 0 heterocycles. The molecule has 242 valence electrons. The average Bonchev–Trinajstić information content (AvgIpc) is 3.02. The average molecular weight is 660 g/mol. The zero-order valence-corrected chi connectivity index (χ0v) is 28.4. The summed E-state index contributed by atoms with van der Waals surface area (Å²) < 4.78 is 29.6. The molecule has 46 heavy (non-hydrogen) atoms. The van der Waals surface area contributed by atoms with Crippen molar-refractivity contribution < 1.29 is 18.0 Å². The van der Waals surface area contributed by atoms with Crippen LogP contribution in [0.25, 0.3) is 0 Å². The van der Waals surface area contributed by atoms with Crippen LogP contribution in [-0.4, -0.2) is 44.3 Å². The highest BCUT2D eigenvalue weighted by molar-refractivity contribution is 7.92. The number of carbonyl (C=O) groups excluding carboxylic acids is 2. The van der Waals surface area contributed by atoms with Crippen molar-refractivity contribution in [2.45, 2.75) is 64.4 Å². The molecular formula is C37H42ClN3O4S. The molecule has 2 amide bonds. The van der Waals surface area contributed by atoms with E-state index in [0.717, 1.165) is 39.4 Å². The molecule has 0 aliphatic carbocycles. The summed E-state index contributed by atoms with van der Waals surface area (Å²) in [7, 11) is -4.19. The SMILES string of the molecule is CCCCNC(=O)[C@@H](Cc1ccccc1)N(Cc1cccc(C)c1)C(=O)CN(c1ccc(Cl)cc1C)S(=O)(=O)c1ccc(C)cc1. The van der Waals surface area contributed by atoms with E-state index in [1.807, 2.05) is 75.4 Å². The Kier molecular flexibility index (Phi) is 12.0. The number of rotatable bonds is 14. The molecule has 0 saturated heterocycles. The first-order chi connectivity index (χ1) is 22.0.